The van der Waals surface area contributed by atoms with E-state index in [1.165, 1.54) is 40.5 Å². The lowest BCUT2D eigenvalue weighted by atomic mass is 9.97. The van der Waals surface area contributed by atoms with E-state index in [4.69, 9.17) is 0 Å². The maximum Gasteiger partial charge on any atom is 0.125 e. The zero-order chi connectivity index (χ0) is 22.8. The van der Waals surface area contributed by atoms with E-state index in [2.05, 4.69) is 60.7 Å². The highest BCUT2D eigenvalue weighted by Crippen LogP contribution is 2.40. The Bertz CT molecular complexity index is 1760. The van der Waals surface area contributed by atoms with Crippen LogP contribution in [-0.2, 0) is 6.42 Å². The van der Waals surface area contributed by atoms with E-state index in [-0.39, 0.29) is 11.6 Å². The lowest BCUT2D eigenvalue weighted by molar-refractivity contribution is 0.626. The number of halogens is 2. The zero-order valence-corrected chi connectivity index (χ0v) is 18.2. The first-order valence-electron chi connectivity index (χ1n) is 11.4. The highest BCUT2D eigenvalue weighted by atomic mass is 19.1. The Morgan fingerprint density at radius 3 is 2.12 bits per heavy atom. The smallest absolute Gasteiger partial charge is 0.125 e. The van der Waals surface area contributed by atoms with Crippen LogP contribution in [0.25, 0.3) is 49.7 Å². The third-order valence-corrected chi connectivity index (χ3v) is 6.93. The van der Waals surface area contributed by atoms with Crippen LogP contribution in [0.5, 0.6) is 0 Å². The molecule has 0 unspecified atom stereocenters. The van der Waals surface area contributed by atoms with Crippen molar-refractivity contribution in [2.45, 2.75) is 6.42 Å². The molecule has 1 nitrogen and oxygen atoms in total. The molecule has 0 spiro atoms. The number of hydrogen-bond acceptors (Lipinski definition) is 0. The highest BCUT2D eigenvalue weighted by molar-refractivity contribution is 6.10. The second-order valence-electron chi connectivity index (χ2n) is 8.91. The Balaban J connectivity index is 1.46. The lowest BCUT2D eigenvalue weighted by Crippen LogP contribution is -1.94. The van der Waals surface area contributed by atoms with Crippen LogP contribution in [0.2, 0.25) is 0 Å². The van der Waals surface area contributed by atoms with E-state index in [0.717, 1.165) is 39.4 Å². The molecule has 1 aliphatic carbocycles. The van der Waals surface area contributed by atoms with Gasteiger partial charge in [-0.05, 0) is 94.4 Å². The summed E-state index contributed by atoms with van der Waals surface area (Å²) in [4.78, 5) is 0. The molecule has 1 aliphatic rings. The molecule has 0 saturated carbocycles. The summed E-state index contributed by atoms with van der Waals surface area (Å²) in [7, 11) is 0. The van der Waals surface area contributed by atoms with Gasteiger partial charge in [-0.3, -0.25) is 0 Å². The van der Waals surface area contributed by atoms with Crippen molar-refractivity contribution in [1.82, 2.24) is 4.57 Å². The zero-order valence-electron chi connectivity index (χ0n) is 18.2. The second kappa shape index (κ2) is 7.13. The van der Waals surface area contributed by atoms with Gasteiger partial charge in [0.25, 0.3) is 0 Å². The normalized spacial score (nSPS) is 12.3. The molecule has 5 aromatic carbocycles. The number of hydrogen-bond donors (Lipinski definition) is 0. The minimum atomic E-state index is -0.301. The van der Waals surface area contributed by atoms with Gasteiger partial charge in [0, 0.05) is 16.5 Å². The Labute approximate surface area is 195 Å². The number of aromatic nitrogens is 1. The van der Waals surface area contributed by atoms with Gasteiger partial charge in [0.15, 0.2) is 0 Å². The van der Waals surface area contributed by atoms with Crippen LogP contribution < -0.4 is 0 Å². The molecule has 6 aromatic rings. The summed E-state index contributed by atoms with van der Waals surface area (Å²) in [5.74, 6) is -0.588. The molecule has 1 aromatic heterocycles. The van der Waals surface area contributed by atoms with E-state index in [1.54, 1.807) is 18.2 Å². The average Bonchev–Trinajstić information content (AvgIpc) is 3.38. The lowest BCUT2D eigenvalue weighted by Gasteiger charge is -2.09. The molecule has 1 heterocycles. The molecule has 0 fully saturated rings. The maximum atomic E-state index is 14.3. The Kier molecular flexibility index (Phi) is 4.04. The van der Waals surface area contributed by atoms with Crippen molar-refractivity contribution in [2.75, 3.05) is 0 Å². The summed E-state index contributed by atoms with van der Waals surface area (Å²) in [6.07, 6.45) is 0.964. The van der Waals surface area contributed by atoms with Crippen molar-refractivity contribution in [3.63, 3.8) is 0 Å². The predicted octanol–water partition coefficient (Wildman–Crippen LogP) is 8.30. The van der Waals surface area contributed by atoms with Crippen molar-refractivity contribution < 1.29 is 8.78 Å². The van der Waals surface area contributed by atoms with E-state index < -0.39 is 0 Å². The van der Waals surface area contributed by atoms with Gasteiger partial charge >= 0.3 is 0 Å². The van der Waals surface area contributed by atoms with E-state index in [0.29, 0.717) is 5.69 Å². The summed E-state index contributed by atoms with van der Waals surface area (Å²) < 4.78 is 30.3. The highest BCUT2D eigenvalue weighted by Gasteiger charge is 2.19. The fourth-order valence-electron chi connectivity index (χ4n) is 5.37. The fraction of sp³-hybridized carbons (Fsp3) is 0.0323. The third-order valence-electron chi connectivity index (χ3n) is 6.93. The van der Waals surface area contributed by atoms with Crippen molar-refractivity contribution in [1.29, 1.82) is 0 Å². The summed E-state index contributed by atoms with van der Waals surface area (Å²) in [6.45, 7) is 0. The summed E-state index contributed by atoms with van der Waals surface area (Å²) in [5.41, 5.74) is 9.96. The van der Waals surface area contributed by atoms with Crippen LogP contribution >= 0.6 is 0 Å². The summed E-state index contributed by atoms with van der Waals surface area (Å²) >= 11 is 0. The molecule has 0 atom stereocenters. The van der Waals surface area contributed by atoms with Gasteiger partial charge in [-0.25, -0.2) is 8.78 Å². The minimum absolute atomic E-state index is 0.287. The Morgan fingerprint density at radius 1 is 0.529 bits per heavy atom. The Morgan fingerprint density at radius 2 is 1.24 bits per heavy atom. The van der Waals surface area contributed by atoms with Gasteiger partial charge in [0.05, 0.1) is 11.0 Å². The molecule has 0 saturated heterocycles. The van der Waals surface area contributed by atoms with Gasteiger partial charge in [0.1, 0.15) is 11.6 Å². The molecule has 0 radical (unpaired) electrons. The molecule has 0 N–H and O–H groups in total. The fourth-order valence-corrected chi connectivity index (χ4v) is 5.37. The first-order valence-corrected chi connectivity index (χ1v) is 11.4. The quantitative estimate of drug-likeness (QED) is 0.253. The summed E-state index contributed by atoms with van der Waals surface area (Å²) in [5, 5.41) is 1.75. The molecular weight excluding hydrogens is 424 g/mol. The van der Waals surface area contributed by atoms with Crippen LogP contribution in [0.15, 0.2) is 103 Å². The number of fused-ring (bicyclic) bond motifs is 6. The standard InChI is InChI=1S/C31H19F2N/c32-23-5-3-6-25(17-23)34-30-12-10-20(16-28(30)29-18-24(33)11-13-31(29)34)19-8-9-22-14-21-4-1-2-7-26(21)27(22)15-19/h1-13,15-18H,14H2. The number of nitrogens with zero attached hydrogens (tertiary/aromatic N) is 1. The van der Waals surface area contributed by atoms with Crippen LogP contribution in [0.4, 0.5) is 8.78 Å². The number of rotatable bonds is 2. The van der Waals surface area contributed by atoms with Crippen molar-refractivity contribution in [2.24, 2.45) is 0 Å². The molecule has 34 heavy (non-hydrogen) atoms. The van der Waals surface area contributed by atoms with Gasteiger partial charge < -0.3 is 4.57 Å². The minimum Gasteiger partial charge on any atom is -0.309 e. The molecule has 162 valence electrons. The molecule has 0 bridgehead atoms. The van der Waals surface area contributed by atoms with Crippen molar-refractivity contribution in [3.05, 3.63) is 126 Å². The molecular formula is C31H19F2N. The predicted molar refractivity (Wildman–Crippen MR) is 134 cm³/mol. The first kappa shape index (κ1) is 19.2. The van der Waals surface area contributed by atoms with Crippen LogP contribution in [-0.4, -0.2) is 4.57 Å². The third kappa shape index (κ3) is 2.83. The molecule has 7 rings (SSSR count). The van der Waals surface area contributed by atoms with Crippen LogP contribution in [0.1, 0.15) is 11.1 Å². The van der Waals surface area contributed by atoms with Crippen molar-refractivity contribution >= 4 is 21.8 Å². The van der Waals surface area contributed by atoms with Crippen LogP contribution in [0, 0.1) is 11.6 Å². The first-order chi connectivity index (χ1) is 16.7. The van der Waals surface area contributed by atoms with E-state index >= 15 is 0 Å². The van der Waals surface area contributed by atoms with Gasteiger partial charge in [-0.2, -0.15) is 0 Å². The van der Waals surface area contributed by atoms with Crippen LogP contribution in [0.3, 0.4) is 0 Å². The van der Waals surface area contributed by atoms with Gasteiger partial charge in [-0.1, -0.05) is 48.5 Å². The number of benzene rings is 5. The van der Waals surface area contributed by atoms with E-state index in [9.17, 15) is 8.78 Å². The molecule has 0 aliphatic heterocycles. The largest absolute Gasteiger partial charge is 0.309 e. The van der Waals surface area contributed by atoms with Crippen molar-refractivity contribution in [3.8, 4) is 27.9 Å². The second-order valence-corrected chi connectivity index (χ2v) is 8.91. The maximum absolute atomic E-state index is 14.3. The Hall–Kier alpha value is -4.24. The molecule has 0 amide bonds. The van der Waals surface area contributed by atoms with Gasteiger partial charge in [-0.15, -0.1) is 0 Å². The summed E-state index contributed by atoms with van der Waals surface area (Å²) in [6, 6.07) is 32.7. The topological polar surface area (TPSA) is 4.93 Å². The van der Waals surface area contributed by atoms with E-state index in [1.807, 2.05) is 10.6 Å². The molecule has 3 heteroatoms. The SMILES string of the molecule is Fc1cccc(-n2c3ccc(F)cc3c3cc(-c4ccc5c(c4)-c4ccccc4C5)ccc32)c1. The average molecular weight is 443 g/mol. The van der Waals surface area contributed by atoms with Gasteiger partial charge in [0.2, 0.25) is 0 Å². The monoisotopic (exact) mass is 443 g/mol.